The van der Waals surface area contributed by atoms with Gasteiger partial charge in [-0.05, 0) is 25.7 Å². The Labute approximate surface area is 130 Å². The molecule has 2 rings (SSSR count). The van der Waals surface area contributed by atoms with Crippen molar-refractivity contribution in [3.8, 4) is 0 Å². The quantitative estimate of drug-likeness (QED) is 0.767. The van der Waals surface area contributed by atoms with Gasteiger partial charge in [-0.2, -0.15) is 0 Å². The Hall–Kier alpha value is -2.20. The fraction of sp³-hybridized carbons (Fsp3) is 0.278. The van der Waals surface area contributed by atoms with Gasteiger partial charge in [0.2, 0.25) is 0 Å². The molecular formula is C18H20FNO2. The first-order valence-electron chi connectivity index (χ1n) is 7.21. The van der Waals surface area contributed by atoms with E-state index in [-0.39, 0.29) is 6.61 Å². The van der Waals surface area contributed by atoms with Gasteiger partial charge in [0.1, 0.15) is 11.9 Å². The maximum Gasteiger partial charge on any atom is 0.328 e. The minimum atomic E-state index is -0.739. The lowest BCUT2D eigenvalue weighted by Crippen LogP contribution is -2.30. The minimum Gasteiger partial charge on any atom is -0.464 e. The van der Waals surface area contributed by atoms with E-state index in [2.05, 4.69) is 0 Å². The lowest BCUT2D eigenvalue weighted by atomic mass is 10.1. The molecule has 0 saturated carbocycles. The fourth-order valence-corrected chi connectivity index (χ4v) is 2.31. The van der Waals surface area contributed by atoms with Crippen LogP contribution in [0.15, 0.2) is 54.6 Å². The number of carbonyl (C=O) groups excluding carboxylic acids is 1. The summed E-state index contributed by atoms with van der Waals surface area (Å²) in [5, 5.41) is 0. The van der Waals surface area contributed by atoms with Gasteiger partial charge in [0, 0.05) is 12.0 Å². The first-order chi connectivity index (χ1) is 10.6. The van der Waals surface area contributed by atoms with Crippen molar-refractivity contribution in [1.82, 2.24) is 4.90 Å². The van der Waals surface area contributed by atoms with Crippen LogP contribution in [0.1, 0.15) is 17.2 Å². The number of likely N-dealkylation sites (N-methyl/N-ethyl adjacent to an activating group) is 1. The van der Waals surface area contributed by atoms with E-state index in [1.54, 1.807) is 37.2 Å². The van der Waals surface area contributed by atoms with Gasteiger partial charge in [0.25, 0.3) is 0 Å². The van der Waals surface area contributed by atoms with Gasteiger partial charge in [-0.15, -0.1) is 0 Å². The molecule has 0 N–H and O–H groups in total. The number of halogens is 1. The molecule has 0 radical (unpaired) electrons. The maximum atomic E-state index is 13.9. The van der Waals surface area contributed by atoms with Crippen molar-refractivity contribution in [3.05, 3.63) is 71.5 Å². The summed E-state index contributed by atoms with van der Waals surface area (Å²) in [4.78, 5) is 14.0. The van der Waals surface area contributed by atoms with Crippen LogP contribution in [0.3, 0.4) is 0 Å². The largest absolute Gasteiger partial charge is 0.464 e. The summed E-state index contributed by atoms with van der Waals surface area (Å²) in [6.45, 7) is 0.279. The van der Waals surface area contributed by atoms with E-state index < -0.39 is 17.8 Å². The van der Waals surface area contributed by atoms with Gasteiger partial charge < -0.3 is 4.74 Å². The van der Waals surface area contributed by atoms with Crippen molar-refractivity contribution < 1.29 is 13.9 Å². The van der Waals surface area contributed by atoms with Crippen LogP contribution in [0.25, 0.3) is 0 Å². The highest BCUT2D eigenvalue weighted by molar-refractivity contribution is 5.77. The molecule has 2 aromatic rings. The third-order valence-corrected chi connectivity index (χ3v) is 3.42. The molecule has 0 fully saturated rings. The number of esters is 1. The van der Waals surface area contributed by atoms with Gasteiger partial charge in [0.15, 0.2) is 0 Å². The molecule has 1 atom stereocenters. The van der Waals surface area contributed by atoms with E-state index >= 15 is 0 Å². The molecule has 0 aliphatic carbocycles. The van der Waals surface area contributed by atoms with E-state index in [4.69, 9.17) is 4.74 Å². The molecule has 3 nitrogen and oxygen atoms in total. The summed E-state index contributed by atoms with van der Waals surface area (Å²) in [6, 6.07) is 15.3. The number of benzene rings is 2. The van der Waals surface area contributed by atoms with Crippen LogP contribution in [-0.2, 0) is 16.0 Å². The summed E-state index contributed by atoms with van der Waals surface area (Å²) in [5.74, 6) is -0.841. The highest BCUT2D eigenvalue weighted by Gasteiger charge is 2.26. The number of hydrogen-bond acceptors (Lipinski definition) is 3. The molecule has 22 heavy (non-hydrogen) atoms. The lowest BCUT2D eigenvalue weighted by Gasteiger charge is -2.23. The second-order valence-electron chi connectivity index (χ2n) is 5.29. The molecule has 2 aromatic carbocycles. The van der Waals surface area contributed by atoms with Gasteiger partial charge in [-0.1, -0.05) is 48.5 Å². The summed E-state index contributed by atoms with van der Waals surface area (Å²) >= 11 is 0. The highest BCUT2D eigenvalue weighted by Crippen LogP contribution is 2.22. The minimum absolute atomic E-state index is 0.279. The zero-order valence-electron chi connectivity index (χ0n) is 12.8. The monoisotopic (exact) mass is 301 g/mol. The van der Waals surface area contributed by atoms with Crippen molar-refractivity contribution in [2.45, 2.75) is 12.5 Å². The summed E-state index contributed by atoms with van der Waals surface area (Å²) in [5.41, 5.74) is 1.43. The van der Waals surface area contributed by atoms with Crippen LogP contribution in [0.5, 0.6) is 0 Å². The van der Waals surface area contributed by atoms with Gasteiger partial charge in [-0.3, -0.25) is 4.90 Å². The molecule has 0 aliphatic rings. The fourth-order valence-electron chi connectivity index (χ4n) is 2.31. The van der Waals surface area contributed by atoms with Crippen molar-refractivity contribution in [2.24, 2.45) is 0 Å². The SMILES string of the molecule is CN(C)C(C(=O)OCCc1ccccc1)c1ccccc1F. The van der Waals surface area contributed by atoms with Crippen LogP contribution < -0.4 is 0 Å². The third-order valence-electron chi connectivity index (χ3n) is 3.42. The zero-order valence-corrected chi connectivity index (χ0v) is 12.8. The van der Waals surface area contributed by atoms with E-state index in [1.165, 1.54) is 6.07 Å². The number of hydrogen-bond donors (Lipinski definition) is 0. The number of ether oxygens (including phenoxy) is 1. The van der Waals surface area contributed by atoms with E-state index in [1.807, 2.05) is 30.3 Å². The lowest BCUT2D eigenvalue weighted by molar-refractivity contribution is -0.149. The van der Waals surface area contributed by atoms with Crippen LogP contribution >= 0.6 is 0 Å². The van der Waals surface area contributed by atoms with Crippen LogP contribution in [0, 0.1) is 5.82 Å². The second-order valence-corrected chi connectivity index (χ2v) is 5.29. The Balaban J connectivity index is 2.00. The Kier molecular flexibility index (Phi) is 5.67. The van der Waals surface area contributed by atoms with Crippen LogP contribution in [0.2, 0.25) is 0 Å². The Morgan fingerprint density at radius 3 is 2.36 bits per heavy atom. The molecule has 0 bridgehead atoms. The van der Waals surface area contributed by atoms with E-state index in [0.717, 1.165) is 5.56 Å². The van der Waals surface area contributed by atoms with Gasteiger partial charge >= 0.3 is 5.97 Å². The van der Waals surface area contributed by atoms with Gasteiger partial charge in [-0.25, -0.2) is 9.18 Å². The van der Waals surface area contributed by atoms with Crippen LogP contribution in [0.4, 0.5) is 4.39 Å². The third kappa shape index (κ3) is 4.15. The van der Waals surface area contributed by atoms with Crippen LogP contribution in [-0.4, -0.2) is 31.6 Å². The average Bonchev–Trinajstić information content (AvgIpc) is 2.50. The molecule has 4 heteroatoms. The Bertz CT molecular complexity index is 613. The van der Waals surface area contributed by atoms with E-state index in [9.17, 15) is 9.18 Å². The molecule has 1 unspecified atom stereocenters. The van der Waals surface area contributed by atoms with Crippen molar-refractivity contribution in [3.63, 3.8) is 0 Å². The predicted octanol–water partition coefficient (Wildman–Crippen LogP) is 3.21. The van der Waals surface area contributed by atoms with Gasteiger partial charge in [0.05, 0.1) is 6.61 Å². The van der Waals surface area contributed by atoms with E-state index in [0.29, 0.717) is 12.0 Å². The first kappa shape index (κ1) is 16.2. The maximum absolute atomic E-state index is 13.9. The predicted molar refractivity (Wildman–Crippen MR) is 83.9 cm³/mol. The molecule has 0 aromatic heterocycles. The zero-order chi connectivity index (χ0) is 15.9. The van der Waals surface area contributed by atoms with Crippen molar-refractivity contribution in [2.75, 3.05) is 20.7 Å². The molecular weight excluding hydrogens is 281 g/mol. The average molecular weight is 301 g/mol. The Morgan fingerprint density at radius 1 is 1.09 bits per heavy atom. The first-order valence-corrected chi connectivity index (χ1v) is 7.21. The Morgan fingerprint density at radius 2 is 1.73 bits per heavy atom. The topological polar surface area (TPSA) is 29.5 Å². The molecule has 0 aliphatic heterocycles. The smallest absolute Gasteiger partial charge is 0.328 e. The molecule has 0 amide bonds. The van der Waals surface area contributed by atoms with Crippen molar-refractivity contribution in [1.29, 1.82) is 0 Å². The number of rotatable bonds is 6. The molecule has 116 valence electrons. The standard InChI is InChI=1S/C18H20FNO2/c1-20(2)17(15-10-6-7-11-16(15)19)18(21)22-13-12-14-8-4-3-5-9-14/h3-11,17H,12-13H2,1-2H3. The summed E-state index contributed by atoms with van der Waals surface area (Å²) in [6.07, 6.45) is 0.643. The summed E-state index contributed by atoms with van der Waals surface area (Å²) in [7, 11) is 3.46. The molecule has 0 saturated heterocycles. The van der Waals surface area contributed by atoms with Crippen molar-refractivity contribution >= 4 is 5.97 Å². The summed E-state index contributed by atoms with van der Waals surface area (Å²) < 4.78 is 19.2. The molecule has 0 spiro atoms. The number of nitrogens with zero attached hydrogens (tertiary/aromatic N) is 1. The highest BCUT2D eigenvalue weighted by atomic mass is 19.1. The normalized spacial score (nSPS) is 12.2. The number of carbonyl (C=O) groups is 1. The molecule has 0 heterocycles. The second kappa shape index (κ2) is 7.71.